The van der Waals surface area contributed by atoms with E-state index in [1.165, 1.54) is 7.11 Å². The van der Waals surface area contributed by atoms with Crippen LogP contribution in [-0.2, 0) is 24.3 Å². The number of amides is 1. The van der Waals surface area contributed by atoms with Gasteiger partial charge in [-0.25, -0.2) is 17.9 Å². The Balaban J connectivity index is 3.85. The van der Waals surface area contributed by atoms with Gasteiger partial charge in [0, 0.05) is 19.5 Å². The third-order valence-electron chi connectivity index (χ3n) is 2.14. The summed E-state index contributed by atoms with van der Waals surface area (Å²) in [5.41, 5.74) is -0.600. The summed E-state index contributed by atoms with van der Waals surface area (Å²) in [7, 11) is -2.22. The van der Waals surface area contributed by atoms with Gasteiger partial charge in [0.2, 0.25) is 10.0 Å². The molecule has 0 aliphatic carbocycles. The molecule has 9 heteroatoms. The van der Waals surface area contributed by atoms with Crippen LogP contribution in [0.25, 0.3) is 0 Å². The average molecular weight is 324 g/mol. The standard InChI is InChI=1S/C12H24N2O6S/c1-12(2,3)20-11(16)13-7-8-14-21(17,18)9-5-6-10(15)19-4/h14H,5-9H2,1-4H3,(H,13,16). The van der Waals surface area contributed by atoms with Gasteiger partial charge in [-0.05, 0) is 27.2 Å². The summed E-state index contributed by atoms with van der Waals surface area (Å²) in [6.45, 7) is 5.37. The first-order chi connectivity index (χ1) is 9.56. The summed E-state index contributed by atoms with van der Waals surface area (Å²) in [5.74, 6) is -0.620. The Bertz CT molecular complexity index is 441. The smallest absolute Gasteiger partial charge is 0.407 e. The minimum Gasteiger partial charge on any atom is -0.469 e. The van der Waals surface area contributed by atoms with E-state index in [0.717, 1.165) is 0 Å². The van der Waals surface area contributed by atoms with Gasteiger partial charge in [0.25, 0.3) is 0 Å². The number of ether oxygens (including phenoxy) is 2. The molecule has 0 aromatic rings. The molecule has 0 bridgehead atoms. The van der Waals surface area contributed by atoms with E-state index < -0.39 is 27.7 Å². The molecule has 1 amide bonds. The number of sulfonamides is 1. The van der Waals surface area contributed by atoms with Gasteiger partial charge in [-0.1, -0.05) is 0 Å². The SMILES string of the molecule is COC(=O)CCCS(=O)(=O)NCCNC(=O)OC(C)(C)C. The van der Waals surface area contributed by atoms with Crippen LogP contribution in [0.1, 0.15) is 33.6 Å². The molecule has 0 saturated carbocycles. The van der Waals surface area contributed by atoms with E-state index in [1.807, 2.05) is 0 Å². The molecular weight excluding hydrogens is 300 g/mol. The van der Waals surface area contributed by atoms with Crippen LogP contribution in [0.4, 0.5) is 4.79 Å². The molecule has 0 aliphatic heterocycles. The van der Waals surface area contributed by atoms with Crippen LogP contribution in [0.3, 0.4) is 0 Å². The second-order valence-corrected chi connectivity index (χ2v) is 7.25. The quantitative estimate of drug-likeness (QED) is 0.493. The molecule has 0 spiro atoms. The van der Waals surface area contributed by atoms with Gasteiger partial charge in [0.05, 0.1) is 12.9 Å². The highest BCUT2D eigenvalue weighted by atomic mass is 32.2. The molecule has 21 heavy (non-hydrogen) atoms. The summed E-state index contributed by atoms with van der Waals surface area (Å²) in [4.78, 5) is 22.1. The lowest BCUT2D eigenvalue weighted by molar-refractivity contribution is -0.140. The average Bonchev–Trinajstić information content (AvgIpc) is 2.32. The molecule has 0 heterocycles. The molecule has 0 rings (SSSR count). The molecule has 0 aliphatic rings. The maximum atomic E-state index is 11.6. The van der Waals surface area contributed by atoms with Gasteiger partial charge in [0.1, 0.15) is 5.60 Å². The first kappa shape index (κ1) is 19.7. The zero-order chi connectivity index (χ0) is 16.5. The number of rotatable bonds is 8. The number of hydrogen-bond donors (Lipinski definition) is 2. The van der Waals surface area contributed by atoms with Gasteiger partial charge in [-0.3, -0.25) is 4.79 Å². The lowest BCUT2D eigenvalue weighted by atomic mass is 10.2. The van der Waals surface area contributed by atoms with Gasteiger partial charge in [0.15, 0.2) is 0 Å². The van der Waals surface area contributed by atoms with Crippen molar-refractivity contribution < 1.29 is 27.5 Å². The van der Waals surface area contributed by atoms with E-state index >= 15 is 0 Å². The summed E-state index contributed by atoms with van der Waals surface area (Å²) in [6.07, 6.45) is -0.373. The fraction of sp³-hybridized carbons (Fsp3) is 0.833. The summed E-state index contributed by atoms with van der Waals surface area (Å²) < 4.78 is 34.9. The Morgan fingerprint density at radius 2 is 1.76 bits per heavy atom. The van der Waals surface area contributed by atoms with E-state index in [0.29, 0.717) is 0 Å². The summed E-state index contributed by atoms with van der Waals surface area (Å²) in [5, 5.41) is 2.43. The van der Waals surface area contributed by atoms with Crippen LogP contribution < -0.4 is 10.0 Å². The third-order valence-corrected chi connectivity index (χ3v) is 3.61. The molecule has 0 unspecified atom stereocenters. The number of carbonyl (C=O) groups is 2. The fourth-order valence-electron chi connectivity index (χ4n) is 1.27. The first-order valence-electron chi connectivity index (χ1n) is 6.57. The first-order valence-corrected chi connectivity index (χ1v) is 8.22. The van der Waals surface area contributed by atoms with Crippen molar-refractivity contribution in [2.24, 2.45) is 0 Å². The van der Waals surface area contributed by atoms with E-state index in [1.54, 1.807) is 20.8 Å². The lowest BCUT2D eigenvalue weighted by Crippen LogP contribution is -2.38. The van der Waals surface area contributed by atoms with Crippen LogP contribution in [0.5, 0.6) is 0 Å². The van der Waals surface area contributed by atoms with E-state index in [-0.39, 0.29) is 31.7 Å². The van der Waals surface area contributed by atoms with Crippen LogP contribution in [0, 0.1) is 0 Å². The Kier molecular flexibility index (Phi) is 8.26. The molecular formula is C12H24N2O6S. The highest BCUT2D eigenvalue weighted by Gasteiger charge is 2.16. The monoisotopic (exact) mass is 324 g/mol. The van der Waals surface area contributed by atoms with Crippen molar-refractivity contribution in [3.8, 4) is 0 Å². The predicted octanol–water partition coefficient (Wildman–Crippen LogP) is 0.384. The number of esters is 1. The molecule has 2 N–H and O–H groups in total. The number of hydrogen-bond acceptors (Lipinski definition) is 6. The van der Waals surface area contributed by atoms with Crippen LogP contribution in [0.2, 0.25) is 0 Å². The molecule has 0 aromatic carbocycles. The highest BCUT2D eigenvalue weighted by molar-refractivity contribution is 7.89. The molecule has 8 nitrogen and oxygen atoms in total. The molecule has 0 atom stereocenters. The minimum absolute atomic E-state index is 0.0492. The summed E-state index contributed by atoms with van der Waals surface area (Å²) in [6, 6.07) is 0. The number of alkyl carbamates (subject to hydrolysis) is 1. The molecule has 0 aromatic heterocycles. The zero-order valence-electron chi connectivity index (χ0n) is 12.9. The molecule has 0 radical (unpaired) electrons. The number of methoxy groups -OCH3 is 1. The van der Waals surface area contributed by atoms with Crippen LogP contribution in [0.15, 0.2) is 0 Å². The van der Waals surface area contributed by atoms with Gasteiger partial charge in [-0.2, -0.15) is 0 Å². The zero-order valence-corrected chi connectivity index (χ0v) is 13.7. The van der Waals surface area contributed by atoms with E-state index in [4.69, 9.17) is 4.74 Å². The van der Waals surface area contributed by atoms with E-state index in [9.17, 15) is 18.0 Å². The van der Waals surface area contributed by atoms with Crippen molar-refractivity contribution >= 4 is 22.1 Å². The maximum Gasteiger partial charge on any atom is 0.407 e. The largest absolute Gasteiger partial charge is 0.469 e. The van der Waals surface area contributed by atoms with Crippen molar-refractivity contribution in [2.45, 2.75) is 39.2 Å². The Morgan fingerprint density at radius 3 is 2.29 bits per heavy atom. The van der Waals surface area contributed by atoms with Crippen molar-refractivity contribution in [1.29, 1.82) is 0 Å². The minimum atomic E-state index is -3.47. The lowest BCUT2D eigenvalue weighted by Gasteiger charge is -2.19. The van der Waals surface area contributed by atoms with Crippen molar-refractivity contribution in [2.75, 3.05) is 26.0 Å². The van der Waals surface area contributed by atoms with Gasteiger partial charge in [-0.15, -0.1) is 0 Å². The predicted molar refractivity (Wildman–Crippen MR) is 77.3 cm³/mol. The van der Waals surface area contributed by atoms with Crippen molar-refractivity contribution in [1.82, 2.24) is 10.0 Å². The summed E-state index contributed by atoms with van der Waals surface area (Å²) >= 11 is 0. The van der Waals surface area contributed by atoms with Crippen LogP contribution >= 0.6 is 0 Å². The fourth-order valence-corrected chi connectivity index (χ4v) is 2.35. The topological polar surface area (TPSA) is 111 Å². The molecule has 0 saturated heterocycles. The van der Waals surface area contributed by atoms with Crippen molar-refractivity contribution in [3.05, 3.63) is 0 Å². The molecule has 0 fully saturated rings. The highest BCUT2D eigenvalue weighted by Crippen LogP contribution is 2.06. The number of nitrogens with one attached hydrogen (secondary N) is 2. The normalized spacial score (nSPS) is 11.8. The second kappa shape index (κ2) is 8.83. The Labute approximate surface area is 125 Å². The van der Waals surface area contributed by atoms with Crippen molar-refractivity contribution in [3.63, 3.8) is 0 Å². The number of carbonyl (C=O) groups excluding carboxylic acids is 2. The van der Waals surface area contributed by atoms with Gasteiger partial charge < -0.3 is 14.8 Å². The van der Waals surface area contributed by atoms with Crippen LogP contribution in [-0.4, -0.2) is 52.0 Å². The Hall–Kier alpha value is -1.35. The van der Waals surface area contributed by atoms with Gasteiger partial charge >= 0.3 is 12.1 Å². The third kappa shape index (κ3) is 12.1. The maximum absolute atomic E-state index is 11.6. The Morgan fingerprint density at radius 1 is 1.14 bits per heavy atom. The molecule has 124 valence electrons. The van der Waals surface area contributed by atoms with E-state index in [2.05, 4.69) is 14.8 Å². The second-order valence-electron chi connectivity index (χ2n) is 5.32.